The minimum atomic E-state index is -0.787. The van der Waals surface area contributed by atoms with E-state index in [0.717, 1.165) is 89.9 Å². The maximum atomic E-state index is 12.9. The molecule has 0 unspecified atom stereocenters. The summed E-state index contributed by atoms with van der Waals surface area (Å²) in [6.45, 7) is 6.58. The van der Waals surface area contributed by atoms with Crippen LogP contribution in [0, 0.1) is 0 Å². The summed E-state index contributed by atoms with van der Waals surface area (Å²) in [5.41, 5.74) is 0. The molecule has 1 atom stereocenters. The summed E-state index contributed by atoms with van der Waals surface area (Å²) in [6, 6.07) is 0. The number of rotatable bonds is 54. The lowest BCUT2D eigenvalue weighted by atomic mass is 10.1. The second-order valence-corrected chi connectivity index (χ2v) is 19.9. The van der Waals surface area contributed by atoms with Crippen LogP contribution >= 0.6 is 0 Å². The highest BCUT2D eigenvalue weighted by molar-refractivity contribution is 5.71. The molecular weight excluding hydrogens is 865 g/mol. The minimum absolute atomic E-state index is 0.0850. The molecule has 0 bridgehead atoms. The summed E-state index contributed by atoms with van der Waals surface area (Å²) in [5, 5.41) is 0. The number of esters is 3. The summed E-state index contributed by atoms with van der Waals surface area (Å²) >= 11 is 0. The SMILES string of the molecule is CCCCC/C=C\C/C=C\C/C=C\CCCCCCCCC(=O)OC[C@@H](COC(=O)CCCCCCC/C=C\CCCCCCC)OC(=O)CCCCCCCCCCC/C=C\C/C=C\CCCCC. The molecule has 0 aromatic heterocycles. The van der Waals surface area contributed by atoms with Gasteiger partial charge >= 0.3 is 17.9 Å². The highest BCUT2D eigenvalue weighted by atomic mass is 16.6. The topological polar surface area (TPSA) is 78.9 Å². The van der Waals surface area contributed by atoms with Crippen molar-refractivity contribution in [2.45, 2.75) is 303 Å². The van der Waals surface area contributed by atoms with Crippen LogP contribution in [-0.2, 0) is 28.6 Å². The van der Waals surface area contributed by atoms with Crippen molar-refractivity contribution in [2.75, 3.05) is 13.2 Å². The number of ether oxygens (including phenoxy) is 3. The van der Waals surface area contributed by atoms with Gasteiger partial charge in [-0.15, -0.1) is 0 Å². The molecule has 0 heterocycles. The van der Waals surface area contributed by atoms with Gasteiger partial charge in [-0.05, 0) is 116 Å². The molecule has 0 spiro atoms. The zero-order valence-electron chi connectivity index (χ0n) is 46.3. The van der Waals surface area contributed by atoms with Crippen LogP contribution in [0.15, 0.2) is 72.9 Å². The summed E-state index contributed by atoms with van der Waals surface area (Å²) < 4.78 is 16.9. The Hall–Kier alpha value is -3.15. The fraction of sp³-hybridized carbons (Fsp3) is 0.766. The van der Waals surface area contributed by atoms with E-state index in [1.165, 1.54) is 167 Å². The van der Waals surface area contributed by atoms with Gasteiger partial charge in [0.1, 0.15) is 13.2 Å². The highest BCUT2D eigenvalue weighted by Gasteiger charge is 2.19. The molecule has 0 radical (unpaired) electrons. The van der Waals surface area contributed by atoms with E-state index in [0.29, 0.717) is 19.3 Å². The van der Waals surface area contributed by atoms with Gasteiger partial charge in [0.2, 0.25) is 0 Å². The van der Waals surface area contributed by atoms with Crippen LogP contribution in [0.3, 0.4) is 0 Å². The van der Waals surface area contributed by atoms with Gasteiger partial charge in [-0.25, -0.2) is 0 Å². The van der Waals surface area contributed by atoms with Crippen LogP contribution in [0.4, 0.5) is 0 Å². The van der Waals surface area contributed by atoms with Crippen molar-refractivity contribution >= 4 is 17.9 Å². The Kier molecular flexibility index (Phi) is 55.8. The standard InChI is InChI=1S/C64H112O6/c1-4-7-10-13-16-19-22-25-28-30-32-34-36-39-42-45-48-51-54-57-63(66)69-60-61(59-68-62(65)56-53-50-47-44-41-38-27-24-21-18-15-12-9-6-3)70-64(67)58-55-52-49-46-43-40-37-35-33-31-29-26-23-20-17-14-11-8-5-2/h16-17,19-20,24-29,32,34,61H,4-15,18,21-23,30-31,33,35-60H2,1-3H3/b19-16-,20-17-,27-24-,28-25-,29-26-,34-32-/t61-/m1/s1. The summed E-state index contributed by atoms with van der Waals surface area (Å²) in [6.07, 6.45) is 74.6. The van der Waals surface area contributed by atoms with Gasteiger partial charge in [0.15, 0.2) is 6.10 Å². The number of hydrogen-bond donors (Lipinski definition) is 0. The Morgan fingerprint density at radius 1 is 0.286 bits per heavy atom. The minimum Gasteiger partial charge on any atom is -0.462 e. The molecule has 0 aromatic rings. The van der Waals surface area contributed by atoms with Crippen LogP contribution in [0.1, 0.15) is 297 Å². The Bertz CT molecular complexity index is 1310. The monoisotopic (exact) mass is 977 g/mol. The molecule has 0 rings (SSSR count). The first-order valence-electron chi connectivity index (χ1n) is 29.9. The van der Waals surface area contributed by atoms with Gasteiger partial charge in [0.05, 0.1) is 0 Å². The Morgan fingerprint density at radius 3 is 0.843 bits per heavy atom. The molecule has 0 amide bonds. The molecular formula is C64H112O6. The lowest BCUT2D eigenvalue weighted by Gasteiger charge is -2.18. The second-order valence-electron chi connectivity index (χ2n) is 19.9. The second kappa shape index (κ2) is 58.4. The molecule has 0 fully saturated rings. The van der Waals surface area contributed by atoms with Crippen molar-refractivity contribution < 1.29 is 28.6 Å². The zero-order chi connectivity index (χ0) is 50.7. The van der Waals surface area contributed by atoms with E-state index in [1.807, 2.05) is 0 Å². The molecule has 0 aliphatic carbocycles. The average molecular weight is 978 g/mol. The molecule has 0 saturated heterocycles. The van der Waals surface area contributed by atoms with E-state index >= 15 is 0 Å². The molecule has 0 aromatic carbocycles. The molecule has 6 nitrogen and oxygen atoms in total. The third-order valence-electron chi connectivity index (χ3n) is 12.9. The van der Waals surface area contributed by atoms with Crippen molar-refractivity contribution in [3.63, 3.8) is 0 Å². The van der Waals surface area contributed by atoms with Gasteiger partial charge in [-0.1, -0.05) is 235 Å². The summed E-state index contributed by atoms with van der Waals surface area (Å²) in [5.74, 6) is -0.900. The quantitative estimate of drug-likeness (QED) is 0.0261. The molecule has 0 aliphatic rings. The van der Waals surface area contributed by atoms with Crippen molar-refractivity contribution in [1.82, 2.24) is 0 Å². The van der Waals surface area contributed by atoms with Crippen molar-refractivity contribution in [3.8, 4) is 0 Å². The van der Waals surface area contributed by atoms with Gasteiger partial charge < -0.3 is 14.2 Å². The number of hydrogen-bond acceptors (Lipinski definition) is 6. The third kappa shape index (κ3) is 55.8. The zero-order valence-corrected chi connectivity index (χ0v) is 46.3. The Labute approximate surface area is 433 Å². The molecule has 0 aliphatic heterocycles. The van der Waals surface area contributed by atoms with E-state index < -0.39 is 6.10 Å². The molecule has 0 saturated carbocycles. The van der Waals surface area contributed by atoms with E-state index in [4.69, 9.17) is 14.2 Å². The summed E-state index contributed by atoms with van der Waals surface area (Å²) in [7, 11) is 0. The van der Waals surface area contributed by atoms with Gasteiger partial charge in [-0.2, -0.15) is 0 Å². The number of allylic oxidation sites excluding steroid dienone is 12. The molecule has 404 valence electrons. The van der Waals surface area contributed by atoms with E-state index in [9.17, 15) is 14.4 Å². The van der Waals surface area contributed by atoms with Crippen LogP contribution in [0.25, 0.3) is 0 Å². The van der Waals surface area contributed by atoms with Crippen molar-refractivity contribution in [1.29, 1.82) is 0 Å². The maximum Gasteiger partial charge on any atom is 0.306 e. The first kappa shape index (κ1) is 66.9. The lowest BCUT2D eigenvalue weighted by molar-refractivity contribution is -0.167. The summed E-state index contributed by atoms with van der Waals surface area (Å²) in [4.78, 5) is 38.2. The highest BCUT2D eigenvalue weighted by Crippen LogP contribution is 2.15. The molecule has 6 heteroatoms. The fourth-order valence-electron chi connectivity index (χ4n) is 8.36. The van der Waals surface area contributed by atoms with Crippen LogP contribution in [0.5, 0.6) is 0 Å². The first-order chi connectivity index (χ1) is 34.5. The predicted octanol–water partition coefficient (Wildman–Crippen LogP) is 20.2. The molecule has 70 heavy (non-hydrogen) atoms. The van der Waals surface area contributed by atoms with Crippen LogP contribution in [0.2, 0.25) is 0 Å². The normalized spacial score (nSPS) is 12.6. The molecule has 0 N–H and O–H groups in total. The lowest BCUT2D eigenvalue weighted by Crippen LogP contribution is -2.30. The van der Waals surface area contributed by atoms with Gasteiger partial charge in [0.25, 0.3) is 0 Å². The first-order valence-corrected chi connectivity index (χ1v) is 29.9. The maximum absolute atomic E-state index is 12.9. The smallest absolute Gasteiger partial charge is 0.306 e. The van der Waals surface area contributed by atoms with Crippen LogP contribution in [-0.4, -0.2) is 37.2 Å². The van der Waals surface area contributed by atoms with Crippen LogP contribution < -0.4 is 0 Å². The van der Waals surface area contributed by atoms with Crippen molar-refractivity contribution in [2.24, 2.45) is 0 Å². The van der Waals surface area contributed by atoms with E-state index in [-0.39, 0.29) is 31.1 Å². The van der Waals surface area contributed by atoms with Gasteiger partial charge in [-0.3, -0.25) is 14.4 Å². The number of unbranched alkanes of at least 4 members (excludes halogenated alkanes) is 31. The Balaban J connectivity index is 4.40. The largest absolute Gasteiger partial charge is 0.462 e. The third-order valence-corrected chi connectivity index (χ3v) is 12.9. The van der Waals surface area contributed by atoms with Gasteiger partial charge in [0, 0.05) is 19.3 Å². The number of carbonyl (C=O) groups excluding carboxylic acids is 3. The fourth-order valence-corrected chi connectivity index (χ4v) is 8.36. The van der Waals surface area contributed by atoms with Crippen molar-refractivity contribution in [3.05, 3.63) is 72.9 Å². The number of carbonyl (C=O) groups is 3. The predicted molar refractivity (Wildman–Crippen MR) is 302 cm³/mol. The van der Waals surface area contributed by atoms with E-state index in [2.05, 4.69) is 93.7 Å². The van der Waals surface area contributed by atoms with E-state index in [1.54, 1.807) is 0 Å². The Morgan fingerprint density at radius 2 is 0.514 bits per heavy atom. The average Bonchev–Trinajstić information content (AvgIpc) is 3.36.